The zero-order chi connectivity index (χ0) is 14.8. The number of hydrogen-bond donors (Lipinski definition) is 0. The molecule has 0 radical (unpaired) electrons. The summed E-state index contributed by atoms with van der Waals surface area (Å²) in [6.07, 6.45) is 0.383. The van der Waals surface area contributed by atoms with Crippen molar-refractivity contribution in [1.29, 1.82) is 0 Å². The zero-order valence-corrected chi connectivity index (χ0v) is 12.9. The van der Waals surface area contributed by atoms with Gasteiger partial charge >= 0.3 is 0 Å². The number of Topliss-reactive ketones (excluding diaryl/α,β-unsaturated/α-hetero) is 1. The first-order chi connectivity index (χ1) is 9.38. The highest BCUT2D eigenvalue weighted by Crippen LogP contribution is 2.23. The first-order valence-corrected chi connectivity index (χ1v) is 7.13. The lowest BCUT2D eigenvalue weighted by molar-refractivity contribution is 0.0993. The van der Waals surface area contributed by atoms with Crippen molar-refractivity contribution in [3.63, 3.8) is 0 Å². The molecule has 0 saturated heterocycles. The van der Waals surface area contributed by atoms with Gasteiger partial charge in [0.15, 0.2) is 5.78 Å². The molecule has 0 heterocycles. The van der Waals surface area contributed by atoms with E-state index in [4.69, 9.17) is 11.6 Å². The fraction of sp³-hybridized carbons (Fsp3) is 0.278. The van der Waals surface area contributed by atoms with Crippen LogP contribution < -0.4 is 0 Å². The number of carbonyl (C=O) groups is 1. The molecule has 2 heteroatoms. The minimum Gasteiger partial charge on any atom is -0.294 e. The molecular weight excluding hydrogens is 268 g/mol. The molecule has 0 spiro atoms. The largest absolute Gasteiger partial charge is 0.294 e. The minimum absolute atomic E-state index is 0.0547. The molecule has 0 bridgehead atoms. The summed E-state index contributed by atoms with van der Waals surface area (Å²) in [5.41, 5.74) is 3.01. The Labute approximate surface area is 125 Å². The molecule has 2 rings (SSSR count). The lowest BCUT2D eigenvalue weighted by Gasteiger charge is -2.19. The van der Waals surface area contributed by atoms with Gasteiger partial charge in [-0.2, -0.15) is 0 Å². The van der Waals surface area contributed by atoms with E-state index in [1.165, 1.54) is 5.56 Å². The minimum atomic E-state index is 0.0547. The van der Waals surface area contributed by atoms with Gasteiger partial charge in [0.1, 0.15) is 0 Å². The Balaban J connectivity index is 2.15. The number of rotatable bonds is 3. The van der Waals surface area contributed by atoms with E-state index in [2.05, 4.69) is 32.9 Å². The molecular formula is C18H19ClO. The van der Waals surface area contributed by atoms with Crippen LogP contribution in [-0.2, 0) is 11.8 Å². The van der Waals surface area contributed by atoms with Gasteiger partial charge in [-0.15, -0.1) is 0 Å². The fourth-order valence-electron chi connectivity index (χ4n) is 2.09. The SMILES string of the molecule is CC(C)(C)c1ccc(CC(=O)c2ccccc2Cl)cc1. The molecule has 0 aliphatic carbocycles. The molecule has 0 amide bonds. The van der Waals surface area contributed by atoms with E-state index in [0.29, 0.717) is 17.0 Å². The molecule has 2 aromatic rings. The highest BCUT2D eigenvalue weighted by atomic mass is 35.5. The standard InChI is InChI=1S/C18H19ClO/c1-18(2,3)14-10-8-13(9-11-14)12-17(20)15-6-4-5-7-16(15)19/h4-11H,12H2,1-3H3. The van der Waals surface area contributed by atoms with Gasteiger partial charge in [0.2, 0.25) is 0 Å². The molecule has 0 saturated carbocycles. The number of halogens is 1. The Hall–Kier alpha value is -1.60. The molecule has 0 fully saturated rings. The molecule has 0 aromatic heterocycles. The molecule has 0 N–H and O–H groups in total. The van der Waals surface area contributed by atoms with Crippen molar-refractivity contribution in [3.8, 4) is 0 Å². The average molecular weight is 287 g/mol. The topological polar surface area (TPSA) is 17.1 Å². The highest BCUT2D eigenvalue weighted by Gasteiger charge is 2.14. The summed E-state index contributed by atoms with van der Waals surface area (Å²) < 4.78 is 0. The van der Waals surface area contributed by atoms with Crippen molar-refractivity contribution < 1.29 is 4.79 Å². The van der Waals surface area contributed by atoms with E-state index in [0.717, 1.165) is 5.56 Å². The predicted octanol–water partition coefficient (Wildman–Crippen LogP) is 5.06. The monoisotopic (exact) mass is 286 g/mol. The number of hydrogen-bond acceptors (Lipinski definition) is 1. The van der Waals surface area contributed by atoms with Crippen LogP contribution >= 0.6 is 11.6 Å². The van der Waals surface area contributed by atoms with Crippen molar-refractivity contribution in [2.24, 2.45) is 0 Å². The number of ketones is 1. The quantitative estimate of drug-likeness (QED) is 0.721. The van der Waals surface area contributed by atoms with Gasteiger partial charge in [-0.3, -0.25) is 4.79 Å². The first-order valence-electron chi connectivity index (χ1n) is 6.75. The van der Waals surface area contributed by atoms with Gasteiger partial charge in [-0.25, -0.2) is 0 Å². The molecule has 0 atom stereocenters. The highest BCUT2D eigenvalue weighted by molar-refractivity contribution is 6.34. The van der Waals surface area contributed by atoms with Crippen LogP contribution in [0.2, 0.25) is 5.02 Å². The van der Waals surface area contributed by atoms with Crippen LogP contribution in [0.15, 0.2) is 48.5 Å². The Morgan fingerprint density at radius 3 is 2.15 bits per heavy atom. The summed E-state index contributed by atoms with van der Waals surface area (Å²) >= 11 is 6.05. The lowest BCUT2D eigenvalue weighted by atomic mass is 9.86. The smallest absolute Gasteiger partial charge is 0.168 e. The second-order valence-electron chi connectivity index (χ2n) is 6.03. The summed E-state index contributed by atoms with van der Waals surface area (Å²) in [6.45, 7) is 6.53. The van der Waals surface area contributed by atoms with Crippen LogP contribution in [0.25, 0.3) is 0 Å². The van der Waals surface area contributed by atoms with Gasteiger partial charge in [0.05, 0.1) is 5.02 Å². The number of carbonyl (C=O) groups excluding carboxylic acids is 1. The van der Waals surface area contributed by atoms with Crippen LogP contribution in [-0.4, -0.2) is 5.78 Å². The summed E-state index contributed by atoms with van der Waals surface area (Å²) in [5.74, 6) is 0.0547. The van der Waals surface area contributed by atoms with Crippen LogP contribution in [0.5, 0.6) is 0 Å². The first kappa shape index (κ1) is 14.8. The molecule has 104 valence electrons. The number of benzene rings is 2. The normalized spacial score (nSPS) is 11.4. The lowest BCUT2D eigenvalue weighted by Crippen LogP contribution is -2.11. The van der Waals surface area contributed by atoms with Crippen molar-refractivity contribution in [1.82, 2.24) is 0 Å². The van der Waals surface area contributed by atoms with E-state index in [1.54, 1.807) is 12.1 Å². The van der Waals surface area contributed by atoms with Crippen LogP contribution in [0.4, 0.5) is 0 Å². The third-order valence-electron chi connectivity index (χ3n) is 3.36. The van der Waals surface area contributed by atoms with Crippen molar-refractivity contribution >= 4 is 17.4 Å². The van der Waals surface area contributed by atoms with E-state index >= 15 is 0 Å². The van der Waals surface area contributed by atoms with Crippen LogP contribution in [0.3, 0.4) is 0 Å². The summed E-state index contributed by atoms with van der Waals surface area (Å²) in [6, 6.07) is 15.4. The van der Waals surface area contributed by atoms with Crippen molar-refractivity contribution in [2.45, 2.75) is 32.6 Å². The fourth-order valence-corrected chi connectivity index (χ4v) is 2.33. The van der Waals surface area contributed by atoms with Gasteiger partial charge in [-0.05, 0) is 28.7 Å². The van der Waals surface area contributed by atoms with E-state index in [9.17, 15) is 4.79 Å². The molecule has 1 nitrogen and oxygen atoms in total. The third kappa shape index (κ3) is 3.49. The van der Waals surface area contributed by atoms with Gasteiger partial charge < -0.3 is 0 Å². The maximum absolute atomic E-state index is 12.2. The summed E-state index contributed by atoms with van der Waals surface area (Å²) in [7, 11) is 0. The van der Waals surface area contributed by atoms with Gasteiger partial charge in [0, 0.05) is 12.0 Å². The molecule has 0 unspecified atom stereocenters. The second kappa shape index (κ2) is 5.80. The van der Waals surface area contributed by atoms with Gasteiger partial charge in [0.25, 0.3) is 0 Å². The average Bonchev–Trinajstić information content (AvgIpc) is 2.38. The molecule has 2 aromatic carbocycles. The Bertz CT molecular complexity index is 606. The summed E-state index contributed by atoms with van der Waals surface area (Å²) in [5, 5.41) is 0.517. The molecule has 20 heavy (non-hydrogen) atoms. The van der Waals surface area contributed by atoms with Crippen molar-refractivity contribution in [2.75, 3.05) is 0 Å². The van der Waals surface area contributed by atoms with Crippen LogP contribution in [0, 0.1) is 0 Å². The van der Waals surface area contributed by atoms with Crippen molar-refractivity contribution in [3.05, 3.63) is 70.2 Å². The zero-order valence-electron chi connectivity index (χ0n) is 12.1. The third-order valence-corrected chi connectivity index (χ3v) is 3.69. The second-order valence-corrected chi connectivity index (χ2v) is 6.43. The van der Waals surface area contributed by atoms with Crippen LogP contribution in [0.1, 0.15) is 42.3 Å². The Kier molecular flexibility index (Phi) is 4.29. The predicted molar refractivity (Wildman–Crippen MR) is 84.6 cm³/mol. The summed E-state index contributed by atoms with van der Waals surface area (Å²) in [4.78, 5) is 12.2. The van der Waals surface area contributed by atoms with Gasteiger partial charge in [-0.1, -0.05) is 68.8 Å². The Morgan fingerprint density at radius 2 is 1.60 bits per heavy atom. The maximum atomic E-state index is 12.2. The maximum Gasteiger partial charge on any atom is 0.168 e. The molecule has 0 aliphatic heterocycles. The molecule has 0 aliphatic rings. The van der Waals surface area contributed by atoms with E-state index in [1.807, 2.05) is 24.3 Å². The van der Waals surface area contributed by atoms with E-state index in [-0.39, 0.29) is 11.2 Å². The van der Waals surface area contributed by atoms with E-state index < -0.39 is 0 Å². The Morgan fingerprint density at radius 1 is 1.00 bits per heavy atom.